The van der Waals surface area contributed by atoms with Crippen LogP contribution in [0, 0.1) is 13.8 Å². The number of hydrogen-bond donors (Lipinski definition) is 1. The van der Waals surface area contributed by atoms with Crippen molar-refractivity contribution in [1.29, 1.82) is 0 Å². The van der Waals surface area contributed by atoms with Gasteiger partial charge in [-0.1, -0.05) is 54.1 Å². The van der Waals surface area contributed by atoms with Gasteiger partial charge in [0.1, 0.15) is 5.37 Å². The summed E-state index contributed by atoms with van der Waals surface area (Å²) in [6.07, 6.45) is 1.66. The Morgan fingerprint density at radius 1 is 1.05 bits per heavy atom. The van der Waals surface area contributed by atoms with E-state index in [0.29, 0.717) is 22.9 Å². The fraction of sp³-hybridized carbons (Fsp3) is 0.167. The molecule has 1 aliphatic heterocycles. The largest absolute Gasteiger partial charge is 0.322 e. The van der Waals surface area contributed by atoms with Crippen molar-refractivity contribution in [1.82, 2.24) is 14.9 Å². The Kier molecular flexibility index (Phi) is 7.67. The van der Waals surface area contributed by atoms with Crippen LogP contribution in [0.25, 0.3) is 5.69 Å². The number of hydrogen-bond acceptors (Lipinski definition) is 4. The number of thioether (sulfide) groups is 1. The number of halogens is 1. The lowest BCUT2D eigenvalue weighted by molar-refractivity contribution is -0.128. The van der Waals surface area contributed by atoms with Gasteiger partial charge in [0, 0.05) is 39.8 Å². The predicted molar refractivity (Wildman–Crippen MR) is 154 cm³/mol. The second-order valence-electron chi connectivity index (χ2n) is 9.13. The minimum Gasteiger partial charge on any atom is -0.322 e. The number of carbonyl (C=O) groups is 2. The standard InChI is InChI=1S/C30H27ClN4O2S/c1-20-16-25(21(2)35(20)27-14-12-26(31)13-15-27)17-32-33-29(37)23-8-10-24(11-9-23)30-34(28(36)19-38-30)18-22-6-4-3-5-7-22/h3-17,30H,18-19H2,1-2H3,(H,33,37)/b32-17-/t30-/m1/s1. The Morgan fingerprint density at radius 2 is 1.76 bits per heavy atom. The SMILES string of the molecule is Cc1cc(/C=N\NC(=O)c2ccc([C@H]3SCC(=O)N3Cc3ccccc3)cc2)c(C)n1-c1ccc(Cl)cc1. The Balaban J connectivity index is 1.24. The second kappa shape index (κ2) is 11.3. The van der Waals surface area contributed by atoms with Crippen molar-refractivity contribution in [3.8, 4) is 5.69 Å². The van der Waals surface area contributed by atoms with Crippen LogP contribution in [0.4, 0.5) is 0 Å². The van der Waals surface area contributed by atoms with E-state index < -0.39 is 0 Å². The van der Waals surface area contributed by atoms with Gasteiger partial charge in [-0.2, -0.15) is 5.10 Å². The molecule has 0 bridgehead atoms. The third kappa shape index (κ3) is 5.54. The predicted octanol–water partition coefficient (Wildman–Crippen LogP) is 6.29. The van der Waals surface area contributed by atoms with Crippen LogP contribution < -0.4 is 5.43 Å². The van der Waals surface area contributed by atoms with Gasteiger partial charge in [0.2, 0.25) is 5.91 Å². The van der Waals surface area contributed by atoms with Gasteiger partial charge in [-0.05, 0) is 67.4 Å². The van der Waals surface area contributed by atoms with E-state index in [-0.39, 0.29) is 17.2 Å². The Bertz CT molecular complexity index is 1480. The van der Waals surface area contributed by atoms with Crippen molar-refractivity contribution in [2.45, 2.75) is 25.8 Å². The maximum Gasteiger partial charge on any atom is 0.271 e. The van der Waals surface area contributed by atoms with Crippen LogP contribution in [-0.4, -0.2) is 33.2 Å². The van der Waals surface area contributed by atoms with Crippen molar-refractivity contribution >= 4 is 41.4 Å². The summed E-state index contributed by atoms with van der Waals surface area (Å²) in [6, 6.07) is 27.0. The van der Waals surface area contributed by atoms with E-state index in [1.807, 2.05) is 91.5 Å². The first-order valence-electron chi connectivity index (χ1n) is 12.2. The van der Waals surface area contributed by atoms with Gasteiger partial charge in [-0.15, -0.1) is 11.8 Å². The highest BCUT2D eigenvalue weighted by Gasteiger charge is 2.32. The van der Waals surface area contributed by atoms with Crippen molar-refractivity contribution in [3.63, 3.8) is 0 Å². The smallest absolute Gasteiger partial charge is 0.271 e. The van der Waals surface area contributed by atoms with E-state index in [0.717, 1.165) is 33.8 Å². The summed E-state index contributed by atoms with van der Waals surface area (Å²) in [5, 5.41) is 4.81. The lowest BCUT2D eigenvalue weighted by Gasteiger charge is -2.24. The highest BCUT2D eigenvalue weighted by atomic mass is 35.5. The van der Waals surface area contributed by atoms with E-state index >= 15 is 0 Å². The lowest BCUT2D eigenvalue weighted by atomic mass is 10.1. The summed E-state index contributed by atoms with van der Waals surface area (Å²) in [5.74, 6) is 0.277. The first-order chi connectivity index (χ1) is 18.4. The molecule has 192 valence electrons. The van der Waals surface area contributed by atoms with Gasteiger partial charge < -0.3 is 9.47 Å². The maximum absolute atomic E-state index is 12.7. The van der Waals surface area contributed by atoms with Crippen LogP contribution in [0.15, 0.2) is 90.0 Å². The molecule has 2 amide bonds. The van der Waals surface area contributed by atoms with Crippen molar-refractivity contribution in [3.05, 3.63) is 124 Å². The molecular weight excluding hydrogens is 516 g/mol. The van der Waals surface area contributed by atoms with E-state index in [9.17, 15) is 9.59 Å². The van der Waals surface area contributed by atoms with Crippen LogP contribution in [-0.2, 0) is 11.3 Å². The van der Waals surface area contributed by atoms with Gasteiger partial charge >= 0.3 is 0 Å². The van der Waals surface area contributed by atoms with Gasteiger partial charge in [0.25, 0.3) is 5.91 Å². The lowest BCUT2D eigenvalue weighted by Crippen LogP contribution is -2.27. The van der Waals surface area contributed by atoms with Crippen LogP contribution in [0.2, 0.25) is 5.02 Å². The van der Waals surface area contributed by atoms with E-state index in [2.05, 4.69) is 15.1 Å². The molecule has 3 aromatic carbocycles. The molecule has 1 aliphatic rings. The fourth-order valence-corrected chi connectivity index (χ4v) is 5.93. The average molecular weight is 543 g/mol. The number of aromatic nitrogens is 1. The molecule has 0 unspecified atom stereocenters. The van der Waals surface area contributed by atoms with Crippen LogP contribution in [0.1, 0.15) is 43.8 Å². The fourth-order valence-electron chi connectivity index (χ4n) is 4.61. The van der Waals surface area contributed by atoms with Gasteiger partial charge in [0.05, 0.1) is 12.0 Å². The number of amides is 2. The van der Waals surface area contributed by atoms with E-state index in [1.54, 1.807) is 30.1 Å². The molecule has 8 heteroatoms. The summed E-state index contributed by atoms with van der Waals surface area (Å²) in [5.41, 5.74) is 9.20. The van der Waals surface area contributed by atoms with Gasteiger partial charge in [-0.25, -0.2) is 5.43 Å². The van der Waals surface area contributed by atoms with Crippen LogP contribution in [0.5, 0.6) is 0 Å². The van der Waals surface area contributed by atoms with Crippen molar-refractivity contribution in [2.24, 2.45) is 5.10 Å². The monoisotopic (exact) mass is 542 g/mol. The topological polar surface area (TPSA) is 66.7 Å². The quantitative estimate of drug-likeness (QED) is 0.220. The van der Waals surface area contributed by atoms with Crippen molar-refractivity contribution < 1.29 is 9.59 Å². The summed E-state index contributed by atoms with van der Waals surface area (Å²) in [4.78, 5) is 27.1. The molecule has 0 radical (unpaired) electrons. The zero-order chi connectivity index (χ0) is 26.6. The molecule has 1 aromatic heterocycles. The number of rotatable bonds is 7. The third-order valence-corrected chi connectivity index (χ3v) is 8.05. The maximum atomic E-state index is 12.7. The molecule has 1 atom stereocenters. The summed E-state index contributed by atoms with van der Waals surface area (Å²) >= 11 is 7.63. The molecule has 4 aromatic rings. The second-order valence-corrected chi connectivity index (χ2v) is 10.6. The van der Waals surface area contributed by atoms with Crippen molar-refractivity contribution in [2.75, 3.05) is 5.75 Å². The first-order valence-corrected chi connectivity index (χ1v) is 13.7. The highest BCUT2D eigenvalue weighted by Crippen LogP contribution is 2.39. The Labute approximate surface area is 231 Å². The molecule has 5 rings (SSSR count). The normalized spacial score (nSPS) is 15.4. The molecule has 2 heterocycles. The van der Waals surface area contributed by atoms with Crippen LogP contribution in [0.3, 0.4) is 0 Å². The molecular formula is C30H27ClN4O2S. The minimum atomic E-state index is -0.296. The summed E-state index contributed by atoms with van der Waals surface area (Å²) in [7, 11) is 0. The Morgan fingerprint density at radius 3 is 2.47 bits per heavy atom. The van der Waals surface area contributed by atoms with E-state index in [1.165, 1.54) is 0 Å². The average Bonchev–Trinajstić information content (AvgIpc) is 3.43. The molecule has 0 spiro atoms. The molecule has 6 nitrogen and oxygen atoms in total. The molecule has 38 heavy (non-hydrogen) atoms. The number of nitrogens with zero attached hydrogens (tertiary/aromatic N) is 3. The zero-order valence-corrected chi connectivity index (χ0v) is 22.7. The van der Waals surface area contributed by atoms with Gasteiger partial charge in [0.15, 0.2) is 0 Å². The molecule has 0 aliphatic carbocycles. The molecule has 1 saturated heterocycles. The first kappa shape index (κ1) is 25.8. The number of hydrazone groups is 1. The van der Waals surface area contributed by atoms with Gasteiger partial charge in [-0.3, -0.25) is 9.59 Å². The third-order valence-electron chi connectivity index (χ3n) is 6.55. The molecule has 1 fully saturated rings. The number of carbonyl (C=O) groups excluding carboxylic acids is 2. The highest BCUT2D eigenvalue weighted by molar-refractivity contribution is 8.00. The zero-order valence-electron chi connectivity index (χ0n) is 21.1. The minimum absolute atomic E-state index is 0.0752. The summed E-state index contributed by atoms with van der Waals surface area (Å²) < 4.78 is 2.12. The number of nitrogens with one attached hydrogen (secondary N) is 1. The number of aryl methyl sites for hydroxylation is 1. The molecule has 1 N–H and O–H groups in total. The van der Waals surface area contributed by atoms with E-state index in [4.69, 9.17) is 11.6 Å². The molecule has 0 saturated carbocycles. The Hall–Kier alpha value is -3.81. The van der Waals surface area contributed by atoms with Crippen LogP contribution >= 0.6 is 23.4 Å². The number of benzene rings is 3. The summed E-state index contributed by atoms with van der Waals surface area (Å²) in [6.45, 7) is 4.60.